The molecule has 0 aliphatic heterocycles. The second-order valence-electron chi connectivity index (χ2n) is 4.59. The Kier molecular flexibility index (Phi) is 5.34. The van der Waals surface area contributed by atoms with Gasteiger partial charge in [0.15, 0.2) is 0 Å². The highest BCUT2D eigenvalue weighted by Gasteiger charge is 2.31. The predicted molar refractivity (Wildman–Crippen MR) is 63.5 cm³/mol. The maximum atomic E-state index is 12.1. The van der Waals surface area contributed by atoms with E-state index in [1.807, 2.05) is 0 Å². The van der Waals surface area contributed by atoms with Gasteiger partial charge in [0.2, 0.25) is 0 Å². The number of amidine groups is 1. The third-order valence-corrected chi connectivity index (χ3v) is 3.12. The van der Waals surface area contributed by atoms with E-state index in [2.05, 4.69) is 4.99 Å². The predicted octanol–water partition coefficient (Wildman–Crippen LogP) is 0.531. The van der Waals surface area contributed by atoms with Crippen LogP contribution in [-0.4, -0.2) is 36.2 Å². The molecule has 1 fully saturated rings. The van der Waals surface area contributed by atoms with Gasteiger partial charge in [-0.1, -0.05) is 0 Å². The Morgan fingerprint density at radius 1 is 1.47 bits per heavy atom. The van der Waals surface area contributed by atoms with Gasteiger partial charge in [0.25, 0.3) is 0 Å². The Morgan fingerprint density at radius 2 is 2.12 bits per heavy atom. The van der Waals surface area contributed by atoms with Crippen LogP contribution in [0.4, 0.5) is 4.39 Å². The van der Waals surface area contributed by atoms with Crippen molar-refractivity contribution in [3.63, 3.8) is 0 Å². The van der Waals surface area contributed by atoms with E-state index < -0.39 is 18.7 Å². The van der Waals surface area contributed by atoms with Crippen LogP contribution in [0.1, 0.15) is 25.7 Å². The van der Waals surface area contributed by atoms with Crippen LogP contribution in [-0.2, 0) is 4.79 Å². The van der Waals surface area contributed by atoms with Crippen molar-refractivity contribution in [2.75, 3.05) is 13.2 Å². The first kappa shape index (κ1) is 13.9. The average molecular weight is 245 g/mol. The lowest BCUT2D eigenvalue weighted by Gasteiger charge is -2.15. The van der Waals surface area contributed by atoms with E-state index in [9.17, 15) is 9.18 Å². The second-order valence-corrected chi connectivity index (χ2v) is 4.59. The van der Waals surface area contributed by atoms with Crippen molar-refractivity contribution in [2.24, 2.45) is 28.3 Å². The van der Waals surface area contributed by atoms with Crippen molar-refractivity contribution in [2.45, 2.75) is 31.7 Å². The fraction of sp³-hybridized carbons (Fsp3) is 0.818. The third kappa shape index (κ3) is 5.12. The number of nitrogens with two attached hydrogens (primary N) is 2. The normalized spacial score (nSPS) is 20.0. The molecule has 0 saturated heterocycles. The Bertz CT molecular complexity index is 292. The molecule has 2 unspecified atom stereocenters. The highest BCUT2D eigenvalue weighted by molar-refractivity contribution is 5.81. The van der Waals surface area contributed by atoms with Crippen LogP contribution in [0.5, 0.6) is 0 Å². The molecule has 1 aliphatic rings. The number of halogens is 1. The van der Waals surface area contributed by atoms with Gasteiger partial charge in [-0.3, -0.25) is 9.79 Å². The molecule has 0 heterocycles. The van der Waals surface area contributed by atoms with E-state index in [1.54, 1.807) is 0 Å². The molecule has 0 radical (unpaired) electrons. The number of aliphatic imine (C=N–C) groups is 1. The molecular weight excluding hydrogens is 225 g/mol. The number of rotatable bonds is 8. The highest BCUT2D eigenvalue weighted by Crippen LogP contribution is 2.39. The van der Waals surface area contributed by atoms with Gasteiger partial charge < -0.3 is 16.6 Å². The molecule has 98 valence electrons. The quantitative estimate of drug-likeness (QED) is 0.429. The van der Waals surface area contributed by atoms with Crippen molar-refractivity contribution < 1.29 is 14.3 Å². The number of nitrogens with zero attached hydrogens (tertiary/aromatic N) is 1. The minimum absolute atomic E-state index is 0.0122. The van der Waals surface area contributed by atoms with Gasteiger partial charge >= 0.3 is 5.97 Å². The molecule has 0 aromatic heterocycles. The Hall–Kier alpha value is -1.17. The van der Waals surface area contributed by atoms with Crippen LogP contribution in [0.3, 0.4) is 0 Å². The molecule has 1 saturated carbocycles. The first-order valence-electron chi connectivity index (χ1n) is 5.87. The molecule has 17 heavy (non-hydrogen) atoms. The van der Waals surface area contributed by atoms with Crippen LogP contribution < -0.4 is 11.5 Å². The molecule has 2 atom stereocenters. The summed E-state index contributed by atoms with van der Waals surface area (Å²) in [4.78, 5) is 14.5. The maximum Gasteiger partial charge on any atom is 0.320 e. The van der Waals surface area contributed by atoms with Gasteiger partial charge in [-0.25, -0.2) is 4.39 Å². The molecule has 0 spiro atoms. The zero-order chi connectivity index (χ0) is 12.8. The number of hydrogen-bond donors (Lipinski definition) is 3. The number of hydrogen-bond acceptors (Lipinski definition) is 3. The van der Waals surface area contributed by atoms with E-state index in [-0.39, 0.29) is 11.8 Å². The minimum atomic E-state index is -0.980. The van der Waals surface area contributed by atoms with Gasteiger partial charge in [-0.15, -0.1) is 0 Å². The fourth-order valence-corrected chi connectivity index (χ4v) is 1.84. The summed E-state index contributed by atoms with van der Waals surface area (Å²) in [5.41, 5.74) is 10.7. The Labute approximate surface area is 100 Å². The smallest absolute Gasteiger partial charge is 0.320 e. The monoisotopic (exact) mass is 245 g/mol. The molecule has 0 bridgehead atoms. The number of carbonyl (C=O) groups is 1. The first-order valence-corrected chi connectivity index (χ1v) is 5.87. The Morgan fingerprint density at radius 3 is 2.59 bits per heavy atom. The summed E-state index contributed by atoms with van der Waals surface area (Å²) in [5, 5.41) is 8.68. The average Bonchev–Trinajstić information content (AvgIpc) is 3.12. The van der Waals surface area contributed by atoms with E-state index in [4.69, 9.17) is 16.6 Å². The van der Waals surface area contributed by atoms with Crippen LogP contribution in [0.2, 0.25) is 0 Å². The number of carboxylic acids is 1. The zero-order valence-corrected chi connectivity index (χ0v) is 9.81. The molecule has 6 heteroatoms. The van der Waals surface area contributed by atoms with Gasteiger partial charge in [-0.05, 0) is 37.5 Å². The maximum absolute atomic E-state index is 12.1. The van der Waals surface area contributed by atoms with Crippen molar-refractivity contribution >= 4 is 11.8 Å². The van der Waals surface area contributed by atoms with Crippen molar-refractivity contribution in [3.8, 4) is 0 Å². The topological polar surface area (TPSA) is 102 Å². The Balaban J connectivity index is 2.36. The lowest BCUT2D eigenvalue weighted by molar-refractivity contribution is -0.138. The molecule has 5 nitrogen and oxygen atoms in total. The molecule has 5 N–H and O–H groups in total. The van der Waals surface area contributed by atoms with Crippen molar-refractivity contribution in [1.29, 1.82) is 0 Å². The van der Waals surface area contributed by atoms with Crippen molar-refractivity contribution in [1.82, 2.24) is 0 Å². The van der Waals surface area contributed by atoms with E-state index in [1.165, 1.54) is 0 Å². The molecule has 0 aromatic carbocycles. The van der Waals surface area contributed by atoms with Crippen LogP contribution in [0.15, 0.2) is 4.99 Å². The fourth-order valence-electron chi connectivity index (χ4n) is 1.84. The summed E-state index contributed by atoms with van der Waals surface area (Å²) in [7, 11) is 0. The van der Waals surface area contributed by atoms with Crippen LogP contribution in [0, 0.1) is 11.8 Å². The van der Waals surface area contributed by atoms with Gasteiger partial charge in [0.1, 0.15) is 18.6 Å². The third-order valence-electron chi connectivity index (χ3n) is 3.12. The van der Waals surface area contributed by atoms with E-state index in [0.717, 1.165) is 12.8 Å². The number of aliphatic carboxylic acids is 1. The first-order chi connectivity index (χ1) is 8.04. The standard InChI is InChI=1S/C11H20FN3O2/c12-5-10(14)15-6-8(7-1-2-7)3-4-9(13)11(16)17/h7-9H,1-6,13H2,(H2,14,15)(H,16,17). The molecule has 1 aliphatic carbocycles. The van der Waals surface area contributed by atoms with Gasteiger partial charge in [-0.2, -0.15) is 0 Å². The SMILES string of the molecule is NC(CF)=NCC(CCC(N)C(=O)O)C1CC1. The summed E-state index contributed by atoms with van der Waals surface area (Å²) in [6.45, 7) is -0.251. The minimum Gasteiger partial charge on any atom is -0.480 e. The molecule has 0 aromatic rings. The largest absolute Gasteiger partial charge is 0.480 e. The van der Waals surface area contributed by atoms with Gasteiger partial charge in [0.05, 0.1) is 0 Å². The molecule has 1 rings (SSSR count). The van der Waals surface area contributed by atoms with E-state index >= 15 is 0 Å². The number of alkyl halides is 1. The zero-order valence-electron chi connectivity index (χ0n) is 9.81. The van der Waals surface area contributed by atoms with Crippen LogP contribution >= 0.6 is 0 Å². The molecule has 0 amide bonds. The lowest BCUT2D eigenvalue weighted by atomic mass is 9.95. The summed E-state index contributed by atoms with van der Waals surface area (Å²) in [5.74, 6) is -0.109. The summed E-state index contributed by atoms with van der Waals surface area (Å²) in [6, 6.07) is -0.821. The van der Waals surface area contributed by atoms with Crippen LogP contribution in [0.25, 0.3) is 0 Å². The highest BCUT2D eigenvalue weighted by atomic mass is 19.1. The van der Waals surface area contributed by atoms with Crippen molar-refractivity contribution in [3.05, 3.63) is 0 Å². The summed E-state index contributed by atoms with van der Waals surface area (Å²) >= 11 is 0. The summed E-state index contributed by atoms with van der Waals surface area (Å²) < 4.78 is 12.1. The molecular formula is C11H20FN3O2. The second kappa shape index (κ2) is 6.54. The van der Waals surface area contributed by atoms with E-state index in [0.29, 0.717) is 25.3 Å². The van der Waals surface area contributed by atoms with Gasteiger partial charge in [0, 0.05) is 6.54 Å². The lowest BCUT2D eigenvalue weighted by Crippen LogP contribution is -2.31. The summed E-state index contributed by atoms with van der Waals surface area (Å²) in [6.07, 6.45) is 3.42. The number of carboxylic acid groups (broad SMARTS) is 1.